The van der Waals surface area contributed by atoms with E-state index < -0.39 is 17.6 Å². The summed E-state index contributed by atoms with van der Waals surface area (Å²) in [4.78, 5) is 15.9. The Morgan fingerprint density at radius 2 is 1.92 bits per heavy atom. The second-order valence-electron chi connectivity index (χ2n) is 5.37. The van der Waals surface area contributed by atoms with Crippen molar-refractivity contribution < 1.29 is 18.0 Å². The molecule has 24 heavy (non-hydrogen) atoms. The molecular weight excluding hydrogens is 343 g/mol. The molecule has 0 spiro atoms. The van der Waals surface area contributed by atoms with Crippen LogP contribution < -0.4 is 10.6 Å². The SMILES string of the molecule is CC(C)NC(=O)c1cc(Nc2ccc(Cl)cc2C(F)(F)F)ccn1. The number of pyridine rings is 1. The van der Waals surface area contributed by atoms with E-state index >= 15 is 0 Å². The van der Waals surface area contributed by atoms with Gasteiger partial charge in [-0.15, -0.1) is 0 Å². The van der Waals surface area contributed by atoms with Crippen LogP contribution in [0.2, 0.25) is 5.02 Å². The summed E-state index contributed by atoms with van der Waals surface area (Å²) in [5.41, 5.74) is -0.628. The molecule has 0 bridgehead atoms. The van der Waals surface area contributed by atoms with Crippen molar-refractivity contribution in [3.63, 3.8) is 0 Å². The van der Waals surface area contributed by atoms with Crippen LogP contribution in [0.4, 0.5) is 24.5 Å². The molecule has 0 aliphatic carbocycles. The van der Waals surface area contributed by atoms with Gasteiger partial charge in [-0.25, -0.2) is 0 Å². The van der Waals surface area contributed by atoms with Crippen LogP contribution in [0.15, 0.2) is 36.5 Å². The van der Waals surface area contributed by atoms with Gasteiger partial charge >= 0.3 is 6.18 Å². The summed E-state index contributed by atoms with van der Waals surface area (Å²) in [5, 5.41) is 5.31. The van der Waals surface area contributed by atoms with Crippen molar-refractivity contribution >= 4 is 28.9 Å². The van der Waals surface area contributed by atoms with Gasteiger partial charge in [-0.05, 0) is 44.2 Å². The fourth-order valence-corrected chi connectivity index (χ4v) is 2.16. The second-order valence-corrected chi connectivity index (χ2v) is 5.81. The van der Waals surface area contributed by atoms with Crippen molar-refractivity contribution in [1.29, 1.82) is 0 Å². The molecule has 1 amide bonds. The lowest BCUT2D eigenvalue weighted by atomic mass is 10.1. The quantitative estimate of drug-likeness (QED) is 0.838. The molecule has 0 saturated carbocycles. The fourth-order valence-electron chi connectivity index (χ4n) is 1.98. The van der Waals surface area contributed by atoms with E-state index in [9.17, 15) is 18.0 Å². The van der Waals surface area contributed by atoms with Gasteiger partial charge in [0.15, 0.2) is 0 Å². The van der Waals surface area contributed by atoms with E-state index in [2.05, 4.69) is 15.6 Å². The minimum atomic E-state index is -4.56. The molecule has 1 heterocycles. The zero-order valence-corrected chi connectivity index (χ0v) is 13.7. The van der Waals surface area contributed by atoms with Crippen LogP contribution in [-0.2, 0) is 6.18 Å². The number of aromatic nitrogens is 1. The van der Waals surface area contributed by atoms with Gasteiger partial charge < -0.3 is 10.6 Å². The Morgan fingerprint density at radius 1 is 1.21 bits per heavy atom. The first-order chi connectivity index (χ1) is 11.2. The average Bonchev–Trinajstić information content (AvgIpc) is 2.47. The molecule has 1 aromatic carbocycles. The van der Waals surface area contributed by atoms with Gasteiger partial charge in [-0.2, -0.15) is 13.2 Å². The van der Waals surface area contributed by atoms with E-state index in [1.54, 1.807) is 13.8 Å². The van der Waals surface area contributed by atoms with E-state index in [4.69, 9.17) is 11.6 Å². The number of rotatable bonds is 4. The number of anilines is 2. The van der Waals surface area contributed by atoms with Gasteiger partial charge in [0.25, 0.3) is 5.91 Å². The number of alkyl halides is 3. The third-order valence-electron chi connectivity index (χ3n) is 2.98. The molecule has 0 radical (unpaired) electrons. The number of amides is 1. The third kappa shape index (κ3) is 4.61. The molecule has 2 N–H and O–H groups in total. The molecule has 0 unspecified atom stereocenters. The fraction of sp³-hybridized carbons (Fsp3) is 0.250. The number of hydrogen-bond donors (Lipinski definition) is 2. The lowest BCUT2D eigenvalue weighted by Gasteiger charge is -2.15. The lowest BCUT2D eigenvalue weighted by molar-refractivity contribution is -0.136. The minimum Gasteiger partial charge on any atom is -0.355 e. The summed E-state index contributed by atoms with van der Waals surface area (Å²) in [6.45, 7) is 3.59. The highest BCUT2D eigenvalue weighted by molar-refractivity contribution is 6.30. The first-order valence-electron chi connectivity index (χ1n) is 7.07. The highest BCUT2D eigenvalue weighted by atomic mass is 35.5. The Balaban J connectivity index is 2.31. The van der Waals surface area contributed by atoms with Gasteiger partial charge in [0.05, 0.1) is 11.3 Å². The monoisotopic (exact) mass is 357 g/mol. The average molecular weight is 358 g/mol. The zero-order chi connectivity index (χ0) is 17.9. The molecular formula is C16H15ClF3N3O. The third-order valence-corrected chi connectivity index (χ3v) is 3.21. The van der Waals surface area contributed by atoms with Crippen molar-refractivity contribution in [3.05, 3.63) is 52.8 Å². The summed E-state index contributed by atoms with van der Waals surface area (Å²) in [6.07, 6.45) is -3.21. The van der Waals surface area contributed by atoms with Gasteiger partial charge in [0, 0.05) is 22.9 Å². The topological polar surface area (TPSA) is 54.0 Å². The predicted octanol–water partition coefficient (Wildman–Crippen LogP) is 4.64. The van der Waals surface area contributed by atoms with Crippen LogP contribution in [0.1, 0.15) is 29.9 Å². The molecule has 4 nitrogen and oxygen atoms in total. The number of nitrogens with zero attached hydrogens (tertiary/aromatic N) is 1. The van der Waals surface area contributed by atoms with Crippen LogP contribution in [0, 0.1) is 0 Å². The number of hydrogen-bond acceptors (Lipinski definition) is 3. The first-order valence-corrected chi connectivity index (χ1v) is 7.45. The number of nitrogens with one attached hydrogen (secondary N) is 2. The Hall–Kier alpha value is -2.28. The minimum absolute atomic E-state index is 0.0143. The predicted molar refractivity (Wildman–Crippen MR) is 86.6 cm³/mol. The van der Waals surface area contributed by atoms with E-state index in [0.717, 1.165) is 6.07 Å². The van der Waals surface area contributed by atoms with E-state index in [1.165, 1.54) is 30.5 Å². The summed E-state index contributed by atoms with van der Waals surface area (Å²) in [5.74, 6) is -0.402. The van der Waals surface area contributed by atoms with E-state index in [-0.39, 0.29) is 22.4 Å². The highest BCUT2D eigenvalue weighted by Gasteiger charge is 2.33. The summed E-state index contributed by atoms with van der Waals surface area (Å²) < 4.78 is 39.3. The first kappa shape index (κ1) is 18.1. The second kappa shape index (κ2) is 7.09. The number of halogens is 4. The van der Waals surface area contributed by atoms with Gasteiger partial charge in [0.2, 0.25) is 0 Å². The Kier molecular flexibility index (Phi) is 5.33. The molecule has 1 aromatic heterocycles. The summed E-state index contributed by atoms with van der Waals surface area (Å²) in [6, 6.07) is 6.21. The maximum absolute atomic E-state index is 13.1. The Morgan fingerprint density at radius 3 is 2.54 bits per heavy atom. The molecule has 2 aromatic rings. The maximum atomic E-state index is 13.1. The summed E-state index contributed by atoms with van der Waals surface area (Å²) >= 11 is 5.65. The number of carbonyl (C=O) groups is 1. The molecule has 0 saturated heterocycles. The smallest absolute Gasteiger partial charge is 0.355 e. The van der Waals surface area contributed by atoms with Crippen LogP contribution in [0.5, 0.6) is 0 Å². The van der Waals surface area contributed by atoms with Crippen LogP contribution in [-0.4, -0.2) is 16.9 Å². The molecule has 2 rings (SSSR count). The highest BCUT2D eigenvalue weighted by Crippen LogP contribution is 2.37. The Labute approximate surface area is 142 Å². The maximum Gasteiger partial charge on any atom is 0.418 e. The van der Waals surface area contributed by atoms with Crippen LogP contribution in [0.3, 0.4) is 0 Å². The van der Waals surface area contributed by atoms with Crippen LogP contribution >= 0.6 is 11.6 Å². The largest absolute Gasteiger partial charge is 0.418 e. The normalized spacial score (nSPS) is 11.5. The summed E-state index contributed by atoms with van der Waals surface area (Å²) in [7, 11) is 0. The zero-order valence-electron chi connectivity index (χ0n) is 12.9. The molecule has 8 heteroatoms. The van der Waals surface area contributed by atoms with Crippen molar-refractivity contribution in [2.45, 2.75) is 26.1 Å². The van der Waals surface area contributed by atoms with Crippen LogP contribution in [0.25, 0.3) is 0 Å². The molecule has 0 atom stereocenters. The van der Waals surface area contributed by atoms with E-state index in [1.807, 2.05) is 0 Å². The van der Waals surface area contributed by atoms with Crippen molar-refractivity contribution in [3.8, 4) is 0 Å². The van der Waals surface area contributed by atoms with Gasteiger partial charge in [0.1, 0.15) is 5.69 Å². The van der Waals surface area contributed by atoms with Gasteiger partial charge in [-0.1, -0.05) is 11.6 Å². The molecule has 128 valence electrons. The van der Waals surface area contributed by atoms with E-state index in [0.29, 0.717) is 5.69 Å². The molecule has 0 aliphatic heterocycles. The Bertz CT molecular complexity index is 748. The molecule has 0 aliphatic rings. The molecule has 0 fully saturated rings. The van der Waals surface area contributed by atoms with Crippen molar-refractivity contribution in [1.82, 2.24) is 10.3 Å². The van der Waals surface area contributed by atoms with Crippen molar-refractivity contribution in [2.24, 2.45) is 0 Å². The van der Waals surface area contributed by atoms with Crippen molar-refractivity contribution in [2.75, 3.05) is 5.32 Å². The standard InChI is InChI=1S/C16H15ClF3N3O/c1-9(2)22-15(24)14-8-11(5-6-21-14)23-13-4-3-10(17)7-12(13)16(18,19)20/h3-9H,1-2H3,(H,21,23)(H,22,24). The van der Waals surface area contributed by atoms with Gasteiger partial charge in [-0.3, -0.25) is 9.78 Å². The lowest BCUT2D eigenvalue weighted by Crippen LogP contribution is -2.30. The number of carbonyl (C=O) groups excluding carboxylic acids is 1. The number of benzene rings is 1.